The molecule has 0 saturated heterocycles. The maximum Gasteiger partial charge on any atom is 0.258 e. The fraction of sp³-hybridized carbons (Fsp3) is 0.240. The second-order valence-electron chi connectivity index (χ2n) is 8.30. The summed E-state index contributed by atoms with van der Waals surface area (Å²) in [6.45, 7) is 3.58. The maximum absolute atomic E-state index is 13.2. The number of H-pyrrole nitrogens is 1. The van der Waals surface area contributed by atoms with Crippen molar-refractivity contribution in [2.75, 3.05) is 5.32 Å². The third-order valence-electron chi connectivity index (χ3n) is 5.60. The Balaban J connectivity index is 1.61. The van der Waals surface area contributed by atoms with Crippen molar-refractivity contribution >= 4 is 39.2 Å². The van der Waals surface area contributed by atoms with Crippen LogP contribution in [0.3, 0.4) is 0 Å². The van der Waals surface area contributed by atoms with E-state index in [9.17, 15) is 14.4 Å². The van der Waals surface area contributed by atoms with E-state index >= 15 is 0 Å². The monoisotopic (exact) mass is 430 g/mol. The highest BCUT2D eigenvalue weighted by molar-refractivity contribution is 5.99. The molecular weight excluding hydrogens is 404 g/mol. The van der Waals surface area contributed by atoms with Gasteiger partial charge in [0, 0.05) is 53.8 Å². The number of amides is 2. The van der Waals surface area contributed by atoms with Crippen LogP contribution in [0.5, 0.6) is 0 Å². The van der Waals surface area contributed by atoms with E-state index in [0.717, 1.165) is 21.9 Å². The molecule has 0 aliphatic carbocycles. The Kier molecular flexibility index (Phi) is 5.81. The molecule has 32 heavy (non-hydrogen) atoms. The number of nitrogens with one attached hydrogen (secondary N) is 3. The zero-order valence-corrected chi connectivity index (χ0v) is 18.3. The van der Waals surface area contributed by atoms with Gasteiger partial charge in [0.1, 0.15) is 6.04 Å². The minimum absolute atomic E-state index is 0.0956. The van der Waals surface area contributed by atoms with Gasteiger partial charge in [-0.25, -0.2) is 0 Å². The van der Waals surface area contributed by atoms with Crippen molar-refractivity contribution in [1.29, 1.82) is 0 Å². The molecule has 2 aromatic heterocycles. The van der Waals surface area contributed by atoms with Crippen molar-refractivity contribution in [3.63, 3.8) is 0 Å². The quantitative estimate of drug-likeness (QED) is 0.438. The van der Waals surface area contributed by atoms with Gasteiger partial charge in [0.25, 0.3) is 5.56 Å². The highest BCUT2D eigenvalue weighted by Gasteiger charge is 2.24. The molecule has 3 N–H and O–H groups in total. The number of carbonyl (C=O) groups excluding carboxylic acids is 2. The first-order valence-electron chi connectivity index (χ1n) is 10.6. The number of fused-ring (bicyclic) bond motifs is 2. The van der Waals surface area contributed by atoms with Gasteiger partial charge < -0.3 is 20.2 Å². The number of para-hydroxylation sites is 1. The summed E-state index contributed by atoms with van der Waals surface area (Å²) in [5, 5.41) is 8.12. The van der Waals surface area contributed by atoms with Gasteiger partial charge >= 0.3 is 0 Å². The molecule has 1 atom stereocenters. The summed E-state index contributed by atoms with van der Waals surface area (Å²) < 4.78 is 1.51. The van der Waals surface area contributed by atoms with Crippen LogP contribution in [-0.2, 0) is 23.1 Å². The standard InChI is InChI=1S/C25H26N4O3/c1-15(2)23(30)28-22(13-17-14-26-21-7-5-4-6-19(17)21)24(31)27-18-8-9-20-16(12-18)10-11-29(3)25(20)32/h4-12,14-15,22,26H,13H2,1-3H3,(H,27,31)(H,28,30). The molecule has 0 spiro atoms. The normalized spacial score (nSPS) is 12.2. The summed E-state index contributed by atoms with van der Waals surface area (Å²) in [7, 11) is 1.70. The van der Waals surface area contributed by atoms with Crippen LogP contribution in [0.15, 0.2) is 65.7 Å². The number of aryl methyl sites for hydroxylation is 1. The summed E-state index contributed by atoms with van der Waals surface area (Å²) in [6, 6.07) is 14.1. The number of nitrogens with zero attached hydrogens (tertiary/aromatic N) is 1. The van der Waals surface area contributed by atoms with Crippen molar-refractivity contribution in [3.05, 3.63) is 76.8 Å². The van der Waals surface area contributed by atoms with Crippen LogP contribution in [0.1, 0.15) is 19.4 Å². The van der Waals surface area contributed by atoms with Gasteiger partial charge in [0.15, 0.2) is 0 Å². The summed E-state index contributed by atoms with van der Waals surface area (Å²) in [4.78, 5) is 41.1. The van der Waals surface area contributed by atoms with Crippen LogP contribution in [0.25, 0.3) is 21.7 Å². The van der Waals surface area contributed by atoms with Crippen LogP contribution >= 0.6 is 0 Å². The maximum atomic E-state index is 13.2. The molecule has 0 fully saturated rings. The topological polar surface area (TPSA) is 96.0 Å². The first-order valence-corrected chi connectivity index (χ1v) is 10.6. The Morgan fingerprint density at radius 3 is 2.59 bits per heavy atom. The molecule has 4 rings (SSSR count). The highest BCUT2D eigenvalue weighted by atomic mass is 16.2. The van der Waals surface area contributed by atoms with Crippen molar-refractivity contribution in [1.82, 2.24) is 14.9 Å². The number of hydrogen-bond donors (Lipinski definition) is 3. The molecule has 2 amide bonds. The number of anilines is 1. The fourth-order valence-electron chi connectivity index (χ4n) is 3.72. The zero-order chi connectivity index (χ0) is 22.8. The second kappa shape index (κ2) is 8.70. The van der Waals surface area contributed by atoms with E-state index in [1.807, 2.05) is 36.5 Å². The van der Waals surface area contributed by atoms with E-state index in [1.165, 1.54) is 4.57 Å². The highest BCUT2D eigenvalue weighted by Crippen LogP contribution is 2.21. The SMILES string of the molecule is CC(C)C(=O)NC(Cc1c[nH]c2ccccc12)C(=O)Nc1ccc2c(=O)n(C)ccc2c1. The predicted octanol–water partition coefficient (Wildman–Crippen LogP) is 3.34. The number of hydrogen-bond acceptors (Lipinski definition) is 3. The molecule has 1 unspecified atom stereocenters. The van der Waals surface area contributed by atoms with Gasteiger partial charge in [0.2, 0.25) is 11.8 Å². The Morgan fingerprint density at radius 2 is 1.81 bits per heavy atom. The largest absolute Gasteiger partial charge is 0.361 e. The molecule has 164 valence electrons. The van der Waals surface area contributed by atoms with Crippen molar-refractivity contribution < 1.29 is 9.59 Å². The van der Waals surface area contributed by atoms with E-state index in [1.54, 1.807) is 45.3 Å². The van der Waals surface area contributed by atoms with Crippen LogP contribution < -0.4 is 16.2 Å². The summed E-state index contributed by atoms with van der Waals surface area (Å²) in [5.41, 5.74) is 2.40. The van der Waals surface area contributed by atoms with E-state index < -0.39 is 6.04 Å². The molecule has 0 aliphatic rings. The van der Waals surface area contributed by atoms with Crippen molar-refractivity contribution in [2.24, 2.45) is 13.0 Å². The molecular formula is C25H26N4O3. The minimum Gasteiger partial charge on any atom is -0.361 e. The van der Waals surface area contributed by atoms with Crippen LogP contribution in [0, 0.1) is 5.92 Å². The molecule has 2 aromatic carbocycles. The fourth-order valence-corrected chi connectivity index (χ4v) is 3.72. The first-order chi connectivity index (χ1) is 15.3. The van der Waals surface area contributed by atoms with Crippen LogP contribution in [0.4, 0.5) is 5.69 Å². The lowest BCUT2D eigenvalue weighted by Crippen LogP contribution is -2.46. The minimum atomic E-state index is -0.747. The number of aromatic amines is 1. The number of rotatable bonds is 6. The second-order valence-corrected chi connectivity index (χ2v) is 8.30. The lowest BCUT2D eigenvalue weighted by Gasteiger charge is -2.20. The van der Waals surface area contributed by atoms with E-state index in [0.29, 0.717) is 17.5 Å². The molecule has 0 aliphatic heterocycles. The Bertz CT molecular complexity index is 1370. The molecule has 7 heteroatoms. The van der Waals surface area contributed by atoms with E-state index in [-0.39, 0.29) is 23.3 Å². The molecule has 0 radical (unpaired) electrons. The summed E-state index contributed by atoms with van der Waals surface area (Å²) >= 11 is 0. The number of benzene rings is 2. The van der Waals surface area contributed by atoms with Gasteiger partial charge in [-0.05, 0) is 41.3 Å². The molecule has 7 nitrogen and oxygen atoms in total. The summed E-state index contributed by atoms with van der Waals surface area (Å²) in [5.74, 6) is -0.746. The lowest BCUT2D eigenvalue weighted by molar-refractivity contribution is -0.128. The third-order valence-corrected chi connectivity index (χ3v) is 5.60. The average molecular weight is 431 g/mol. The van der Waals surface area contributed by atoms with Crippen LogP contribution in [-0.4, -0.2) is 27.4 Å². The molecule has 2 heterocycles. The van der Waals surface area contributed by atoms with Crippen molar-refractivity contribution in [3.8, 4) is 0 Å². The van der Waals surface area contributed by atoms with Gasteiger partial charge in [0.05, 0.1) is 0 Å². The Labute approximate surface area is 185 Å². The zero-order valence-electron chi connectivity index (χ0n) is 18.3. The number of pyridine rings is 1. The average Bonchev–Trinajstić information content (AvgIpc) is 3.18. The van der Waals surface area contributed by atoms with Gasteiger partial charge in [-0.1, -0.05) is 32.0 Å². The Hall–Kier alpha value is -3.87. The van der Waals surface area contributed by atoms with Gasteiger partial charge in [-0.3, -0.25) is 14.4 Å². The first kappa shape index (κ1) is 21.4. The van der Waals surface area contributed by atoms with Gasteiger partial charge in [-0.15, -0.1) is 0 Å². The molecule has 0 saturated carbocycles. The lowest BCUT2D eigenvalue weighted by atomic mass is 10.0. The van der Waals surface area contributed by atoms with Crippen LogP contribution in [0.2, 0.25) is 0 Å². The Morgan fingerprint density at radius 1 is 1.03 bits per heavy atom. The van der Waals surface area contributed by atoms with Gasteiger partial charge in [-0.2, -0.15) is 0 Å². The smallest absolute Gasteiger partial charge is 0.258 e. The number of aromatic nitrogens is 2. The van der Waals surface area contributed by atoms with E-state index in [4.69, 9.17) is 0 Å². The molecule has 4 aromatic rings. The third kappa shape index (κ3) is 4.27. The van der Waals surface area contributed by atoms with Crippen molar-refractivity contribution in [2.45, 2.75) is 26.3 Å². The molecule has 0 bridgehead atoms. The summed E-state index contributed by atoms with van der Waals surface area (Å²) in [6.07, 6.45) is 3.92. The van der Waals surface area contributed by atoms with E-state index in [2.05, 4.69) is 15.6 Å². The number of carbonyl (C=O) groups is 2. The predicted molar refractivity (Wildman–Crippen MR) is 127 cm³/mol.